The fourth-order valence-electron chi connectivity index (χ4n) is 2.09. The van der Waals surface area contributed by atoms with Gasteiger partial charge in [-0.3, -0.25) is 4.68 Å². The van der Waals surface area contributed by atoms with Crippen molar-refractivity contribution >= 4 is 11.6 Å². The highest BCUT2D eigenvalue weighted by atomic mass is 15.3. The van der Waals surface area contributed by atoms with Crippen molar-refractivity contribution in [3.63, 3.8) is 0 Å². The van der Waals surface area contributed by atoms with E-state index in [1.807, 2.05) is 16.9 Å². The van der Waals surface area contributed by atoms with E-state index in [9.17, 15) is 0 Å². The molecule has 0 aliphatic carbocycles. The van der Waals surface area contributed by atoms with Crippen molar-refractivity contribution in [1.82, 2.24) is 19.7 Å². The van der Waals surface area contributed by atoms with Crippen LogP contribution in [0.3, 0.4) is 0 Å². The molecular weight excluding hydrogens is 252 g/mol. The molecule has 2 aromatic rings. The Balaban J connectivity index is 2.03. The highest BCUT2D eigenvalue weighted by Gasteiger charge is 2.09. The predicted octanol–water partition coefficient (Wildman–Crippen LogP) is 2.17. The molecule has 0 bridgehead atoms. The van der Waals surface area contributed by atoms with Crippen molar-refractivity contribution in [2.24, 2.45) is 0 Å². The van der Waals surface area contributed by atoms with Gasteiger partial charge in [0, 0.05) is 31.0 Å². The average Bonchev–Trinajstić information content (AvgIpc) is 2.96. The second-order valence-corrected chi connectivity index (χ2v) is 4.53. The molecule has 0 unspecified atom stereocenters. The highest BCUT2D eigenvalue weighted by Crippen LogP contribution is 2.21. The molecule has 20 heavy (non-hydrogen) atoms. The lowest BCUT2D eigenvalue weighted by Gasteiger charge is -2.14. The molecule has 2 aromatic heterocycles. The minimum absolute atomic E-state index is 0.793. The van der Waals surface area contributed by atoms with Crippen molar-refractivity contribution in [3.8, 4) is 0 Å². The minimum atomic E-state index is 0.793. The molecule has 2 N–H and O–H groups in total. The second-order valence-electron chi connectivity index (χ2n) is 4.53. The van der Waals surface area contributed by atoms with E-state index in [2.05, 4.69) is 39.5 Å². The molecule has 0 amide bonds. The van der Waals surface area contributed by atoms with Crippen LogP contribution in [-0.2, 0) is 13.0 Å². The predicted molar refractivity (Wildman–Crippen MR) is 80.9 cm³/mol. The lowest BCUT2D eigenvalue weighted by atomic mass is 10.1. The molecular formula is C14H22N6. The van der Waals surface area contributed by atoms with Crippen LogP contribution in [0, 0.1) is 0 Å². The quantitative estimate of drug-likeness (QED) is 0.772. The van der Waals surface area contributed by atoms with Crippen molar-refractivity contribution in [2.45, 2.75) is 33.2 Å². The molecule has 0 radical (unpaired) electrons. The molecule has 0 aromatic carbocycles. The van der Waals surface area contributed by atoms with Gasteiger partial charge in [-0.15, -0.1) is 0 Å². The van der Waals surface area contributed by atoms with E-state index >= 15 is 0 Å². The molecule has 0 aliphatic rings. The van der Waals surface area contributed by atoms with Crippen molar-refractivity contribution < 1.29 is 0 Å². The standard InChI is InChI=1S/C14H22N6/c1-3-6-12-13(15-4-2)17-11-18-14(12)16-8-10-20-9-5-7-19-20/h5,7,9,11H,3-4,6,8,10H2,1-2H3,(H2,15,16,17,18). The number of anilines is 2. The second kappa shape index (κ2) is 7.47. The Morgan fingerprint density at radius 3 is 2.60 bits per heavy atom. The SMILES string of the molecule is CCCc1c(NCC)ncnc1NCCn1cccn1. The van der Waals surface area contributed by atoms with Crippen LogP contribution in [0.25, 0.3) is 0 Å². The summed E-state index contributed by atoms with van der Waals surface area (Å²) in [7, 11) is 0. The molecule has 0 fully saturated rings. The fourth-order valence-corrected chi connectivity index (χ4v) is 2.09. The molecule has 2 rings (SSSR count). The van der Waals surface area contributed by atoms with Gasteiger partial charge in [0.2, 0.25) is 0 Å². The molecule has 0 spiro atoms. The first kappa shape index (κ1) is 14.3. The maximum Gasteiger partial charge on any atom is 0.134 e. The summed E-state index contributed by atoms with van der Waals surface area (Å²) in [5.74, 6) is 1.86. The summed E-state index contributed by atoms with van der Waals surface area (Å²) in [5, 5.41) is 10.9. The summed E-state index contributed by atoms with van der Waals surface area (Å²) in [6.07, 6.45) is 7.38. The Bertz CT molecular complexity index is 508. The van der Waals surface area contributed by atoms with Crippen LogP contribution in [0.1, 0.15) is 25.8 Å². The Kier molecular flexibility index (Phi) is 5.34. The van der Waals surface area contributed by atoms with Crippen molar-refractivity contribution in [3.05, 3.63) is 30.4 Å². The zero-order valence-corrected chi connectivity index (χ0v) is 12.1. The van der Waals surface area contributed by atoms with Gasteiger partial charge in [-0.2, -0.15) is 5.10 Å². The number of hydrogen-bond acceptors (Lipinski definition) is 5. The maximum absolute atomic E-state index is 4.37. The van der Waals surface area contributed by atoms with E-state index < -0.39 is 0 Å². The van der Waals surface area contributed by atoms with E-state index in [0.717, 1.165) is 49.7 Å². The van der Waals surface area contributed by atoms with Crippen molar-refractivity contribution in [2.75, 3.05) is 23.7 Å². The summed E-state index contributed by atoms with van der Waals surface area (Å²) in [5.41, 5.74) is 1.16. The molecule has 0 saturated carbocycles. The third-order valence-electron chi connectivity index (χ3n) is 2.98. The third-order valence-corrected chi connectivity index (χ3v) is 2.98. The van der Waals surface area contributed by atoms with Gasteiger partial charge in [0.1, 0.15) is 18.0 Å². The van der Waals surface area contributed by atoms with E-state index in [1.54, 1.807) is 12.5 Å². The van der Waals surface area contributed by atoms with Crippen LogP contribution >= 0.6 is 0 Å². The van der Waals surface area contributed by atoms with Gasteiger partial charge in [-0.1, -0.05) is 13.3 Å². The zero-order valence-electron chi connectivity index (χ0n) is 12.1. The summed E-state index contributed by atoms with van der Waals surface area (Å²) in [6, 6.07) is 1.93. The number of aromatic nitrogens is 4. The number of nitrogens with zero attached hydrogens (tertiary/aromatic N) is 4. The van der Waals surface area contributed by atoms with Crippen LogP contribution in [0.4, 0.5) is 11.6 Å². The van der Waals surface area contributed by atoms with Gasteiger partial charge in [0.25, 0.3) is 0 Å². The van der Waals surface area contributed by atoms with Crippen LogP contribution in [0.15, 0.2) is 24.8 Å². The van der Waals surface area contributed by atoms with E-state index in [4.69, 9.17) is 0 Å². The zero-order chi connectivity index (χ0) is 14.2. The van der Waals surface area contributed by atoms with Crippen LogP contribution in [0.5, 0.6) is 0 Å². The Labute approximate surface area is 119 Å². The largest absolute Gasteiger partial charge is 0.370 e. The Morgan fingerprint density at radius 2 is 1.95 bits per heavy atom. The Morgan fingerprint density at radius 1 is 1.15 bits per heavy atom. The molecule has 0 saturated heterocycles. The van der Waals surface area contributed by atoms with Crippen LogP contribution < -0.4 is 10.6 Å². The first-order valence-corrected chi connectivity index (χ1v) is 7.14. The van der Waals surface area contributed by atoms with E-state index in [0.29, 0.717) is 0 Å². The first-order valence-electron chi connectivity index (χ1n) is 7.14. The monoisotopic (exact) mass is 274 g/mol. The van der Waals surface area contributed by atoms with Gasteiger partial charge >= 0.3 is 0 Å². The van der Waals surface area contributed by atoms with Gasteiger partial charge in [-0.05, 0) is 19.4 Å². The van der Waals surface area contributed by atoms with E-state index in [1.165, 1.54) is 0 Å². The van der Waals surface area contributed by atoms with Crippen LogP contribution in [0.2, 0.25) is 0 Å². The summed E-state index contributed by atoms with van der Waals surface area (Å²) >= 11 is 0. The summed E-state index contributed by atoms with van der Waals surface area (Å²) in [6.45, 7) is 6.71. The number of hydrogen-bond donors (Lipinski definition) is 2. The molecule has 0 aliphatic heterocycles. The van der Waals surface area contributed by atoms with Gasteiger partial charge in [0.15, 0.2) is 0 Å². The molecule has 6 nitrogen and oxygen atoms in total. The van der Waals surface area contributed by atoms with Gasteiger partial charge < -0.3 is 10.6 Å². The first-order chi connectivity index (χ1) is 9.85. The number of rotatable bonds is 8. The fraction of sp³-hybridized carbons (Fsp3) is 0.500. The normalized spacial score (nSPS) is 10.5. The molecule has 6 heteroatoms. The smallest absolute Gasteiger partial charge is 0.134 e. The molecule has 2 heterocycles. The average molecular weight is 274 g/mol. The van der Waals surface area contributed by atoms with Gasteiger partial charge in [-0.25, -0.2) is 9.97 Å². The minimum Gasteiger partial charge on any atom is -0.370 e. The molecule has 108 valence electrons. The van der Waals surface area contributed by atoms with E-state index in [-0.39, 0.29) is 0 Å². The number of nitrogens with one attached hydrogen (secondary N) is 2. The topological polar surface area (TPSA) is 67.7 Å². The maximum atomic E-state index is 4.37. The Hall–Kier alpha value is -2.11. The molecule has 0 atom stereocenters. The summed E-state index contributed by atoms with van der Waals surface area (Å²) in [4.78, 5) is 8.69. The van der Waals surface area contributed by atoms with Crippen molar-refractivity contribution in [1.29, 1.82) is 0 Å². The lowest BCUT2D eigenvalue weighted by Crippen LogP contribution is -2.14. The highest BCUT2D eigenvalue weighted by molar-refractivity contribution is 5.57. The summed E-state index contributed by atoms with van der Waals surface area (Å²) < 4.78 is 1.90. The van der Waals surface area contributed by atoms with Gasteiger partial charge in [0.05, 0.1) is 6.54 Å². The third kappa shape index (κ3) is 3.69. The lowest BCUT2D eigenvalue weighted by molar-refractivity contribution is 0.636. The van der Waals surface area contributed by atoms with Crippen LogP contribution in [-0.4, -0.2) is 32.8 Å².